The molecule has 0 spiro atoms. The van der Waals surface area contributed by atoms with Crippen molar-refractivity contribution in [1.82, 2.24) is 25.5 Å². The Labute approximate surface area is 151 Å². The molecule has 1 aromatic rings. The molecule has 0 amide bonds. The number of anilines is 1. The monoisotopic (exact) mass is 373 g/mol. The highest BCUT2D eigenvalue weighted by Crippen LogP contribution is 2.27. The van der Waals surface area contributed by atoms with Crippen LogP contribution in [0, 0.1) is 0 Å². The molecule has 26 heavy (non-hydrogen) atoms. The van der Waals surface area contributed by atoms with Crippen molar-refractivity contribution in [3.05, 3.63) is 18.0 Å². The van der Waals surface area contributed by atoms with Crippen LogP contribution in [0.25, 0.3) is 0 Å². The van der Waals surface area contributed by atoms with Crippen LogP contribution >= 0.6 is 0 Å². The van der Waals surface area contributed by atoms with Crippen molar-refractivity contribution in [2.45, 2.75) is 25.4 Å². The van der Waals surface area contributed by atoms with Gasteiger partial charge in [0.05, 0.1) is 0 Å². The number of hydrogen-bond donors (Lipinski definition) is 3. The van der Waals surface area contributed by atoms with Crippen molar-refractivity contribution < 1.29 is 13.2 Å². The lowest BCUT2D eigenvalue weighted by Gasteiger charge is -2.26. The van der Waals surface area contributed by atoms with E-state index >= 15 is 0 Å². The van der Waals surface area contributed by atoms with Gasteiger partial charge in [0.1, 0.15) is 5.69 Å². The minimum Gasteiger partial charge on any atom is -0.355 e. The summed E-state index contributed by atoms with van der Waals surface area (Å²) in [5, 5.41) is 9.10. The third-order valence-electron chi connectivity index (χ3n) is 4.04. The predicted octanol–water partition coefficient (Wildman–Crippen LogP) is 1.56. The molecule has 1 saturated heterocycles. The van der Waals surface area contributed by atoms with Crippen molar-refractivity contribution >= 4 is 11.9 Å². The summed E-state index contributed by atoms with van der Waals surface area (Å²) in [6.45, 7) is 4.90. The molecular formula is C16H26F3N7. The molecule has 1 aliphatic heterocycles. The van der Waals surface area contributed by atoms with Gasteiger partial charge >= 0.3 is 6.18 Å². The Balaban J connectivity index is 1.64. The van der Waals surface area contributed by atoms with Gasteiger partial charge in [0.25, 0.3) is 0 Å². The number of nitrogens with one attached hydrogen (secondary N) is 3. The maximum absolute atomic E-state index is 12.6. The summed E-state index contributed by atoms with van der Waals surface area (Å²) in [5.74, 6) is 0.614. The second kappa shape index (κ2) is 10.1. The number of likely N-dealkylation sites (tertiary alicyclic amines) is 1. The minimum absolute atomic E-state index is 0.0466. The van der Waals surface area contributed by atoms with Crippen LogP contribution in [0.4, 0.5) is 19.1 Å². The first-order valence-electron chi connectivity index (χ1n) is 8.80. The highest BCUT2D eigenvalue weighted by atomic mass is 19.4. The molecule has 0 saturated carbocycles. The molecule has 0 aromatic carbocycles. The number of halogens is 3. The molecule has 0 bridgehead atoms. The van der Waals surface area contributed by atoms with E-state index in [0.29, 0.717) is 19.0 Å². The molecule has 1 fully saturated rings. The van der Waals surface area contributed by atoms with Gasteiger partial charge in [-0.25, -0.2) is 9.97 Å². The van der Waals surface area contributed by atoms with Crippen molar-refractivity contribution in [2.75, 3.05) is 51.6 Å². The van der Waals surface area contributed by atoms with Crippen molar-refractivity contribution in [2.24, 2.45) is 4.99 Å². The van der Waals surface area contributed by atoms with E-state index in [1.807, 2.05) is 0 Å². The van der Waals surface area contributed by atoms with E-state index in [-0.39, 0.29) is 5.95 Å². The number of piperidine rings is 1. The van der Waals surface area contributed by atoms with Crippen LogP contribution in [0.3, 0.4) is 0 Å². The second-order valence-corrected chi connectivity index (χ2v) is 6.02. The third kappa shape index (κ3) is 7.03. The molecule has 0 radical (unpaired) electrons. The lowest BCUT2D eigenvalue weighted by Crippen LogP contribution is -2.43. The number of guanidine groups is 1. The van der Waals surface area contributed by atoms with Crippen LogP contribution in [0.1, 0.15) is 25.0 Å². The van der Waals surface area contributed by atoms with E-state index in [0.717, 1.165) is 38.4 Å². The molecule has 0 unspecified atom stereocenters. The van der Waals surface area contributed by atoms with Crippen LogP contribution in [0.5, 0.6) is 0 Å². The summed E-state index contributed by atoms with van der Waals surface area (Å²) in [6.07, 6.45) is 0.451. The Morgan fingerprint density at radius 3 is 2.58 bits per heavy atom. The van der Waals surface area contributed by atoms with E-state index < -0.39 is 11.9 Å². The average Bonchev–Trinajstić information content (AvgIpc) is 2.64. The van der Waals surface area contributed by atoms with Gasteiger partial charge in [-0.2, -0.15) is 13.2 Å². The molecule has 3 N–H and O–H groups in total. The SMILES string of the molecule is CN=C(NCCNc1nccc(C(F)(F)F)n1)NCCN1CCCCC1. The summed E-state index contributed by atoms with van der Waals surface area (Å²) in [6, 6.07) is 0.845. The summed E-state index contributed by atoms with van der Waals surface area (Å²) < 4.78 is 37.8. The molecule has 146 valence electrons. The van der Waals surface area contributed by atoms with Crippen LogP contribution in [-0.2, 0) is 6.18 Å². The van der Waals surface area contributed by atoms with E-state index in [1.54, 1.807) is 7.05 Å². The maximum atomic E-state index is 12.6. The van der Waals surface area contributed by atoms with E-state index in [2.05, 4.69) is 35.8 Å². The topological polar surface area (TPSA) is 77.5 Å². The molecule has 2 rings (SSSR count). The first kappa shape index (κ1) is 20.2. The molecule has 0 atom stereocenters. The van der Waals surface area contributed by atoms with Crippen molar-refractivity contribution in [3.8, 4) is 0 Å². The van der Waals surface area contributed by atoms with Gasteiger partial charge < -0.3 is 20.9 Å². The summed E-state index contributed by atoms with van der Waals surface area (Å²) >= 11 is 0. The lowest BCUT2D eigenvalue weighted by molar-refractivity contribution is -0.141. The van der Waals surface area contributed by atoms with Crippen LogP contribution in [0.2, 0.25) is 0 Å². The number of alkyl halides is 3. The van der Waals surface area contributed by atoms with Crippen LogP contribution < -0.4 is 16.0 Å². The number of aliphatic imine (C=N–C) groups is 1. The first-order chi connectivity index (χ1) is 12.5. The maximum Gasteiger partial charge on any atom is 0.433 e. The quantitative estimate of drug-likeness (QED) is 0.383. The van der Waals surface area contributed by atoms with E-state index in [4.69, 9.17) is 0 Å². The zero-order chi connectivity index (χ0) is 18.8. The Bertz CT molecular complexity index is 571. The number of nitrogens with zero attached hydrogens (tertiary/aromatic N) is 4. The standard InChI is InChI=1S/C16H26F3N7/c1-20-14(24-9-12-26-10-3-2-4-11-26)22-7-8-23-15-21-6-5-13(25-15)16(17,18)19/h5-6H,2-4,7-12H2,1H3,(H2,20,22,24)(H,21,23,25). The Kier molecular flexibility index (Phi) is 7.89. The minimum atomic E-state index is -4.47. The average molecular weight is 373 g/mol. The zero-order valence-corrected chi connectivity index (χ0v) is 14.9. The molecule has 1 aromatic heterocycles. The molecule has 1 aliphatic rings. The van der Waals surface area contributed by atoms with Gasteiger partial charge in [-0.1, -0.05) is 6.42 Å². The van der Waals surface area contributed by atoms with Gasteiger partial charge in [0.2, 0.25) is 5.95 Å². The number of hydrogen-bond acceptors (Lipinski definition) is 5. The predicted molar refractivity (Wildman–Crippen MR) is 95.2 cm³/mol. The van der Waals surface area contributed by atoms with Crippen molar-refractivity contribution in [1.29, 1.82) is 0 Å². The smallest absolute Gasteiger partial charge is 0.355 e. The largest absolute Gasteiger partial charge is 0.433 e. The fraction of sp³-hybridized carbons (Fsp3) is 0.688. The summed E-state index contributed by atoms with van der Waals surface area (Å²) in [7, 11) is 1.68. The number of aromatic nitrogens is 2. The van der Waals surface area contributed by atoms with Gasteiger partial charge in [-0.05, 0) is 32.0 Å². The Hall–Kier alpha value is -2.10. The highest BCUT2D eigenvalue weighted by Gasteiger charge is 2.32. The van der Waals surface area contributed by atoms with Crippen molar-refractivity contribution in [3.63, 3.8) is 0 Å². The Morgan fingerprint density at radius 1 is 1.15 bits per heavy atom. The molecule has 10 heteroatoms. The van der Waals surface area contributed by atoms with E-state index in [1.165, 1.54) is 19.3 Å². The second-order valence-electron chi connectivity index (χ2n) is 6.02. The molecular weight excluding hydrogens is 347 g/mol. The van der Waals surface area contributed by atoms with Crippen LogP contribution in [0.15, 0.2) is 17.3 Å². The first-order valence-corrected chi connectivity index (χ1v) is 8.80. The third-order valence-corrected chi connectivity index (χ3v) is 4.04. The van der Waals surface area contributed by atoms with Gasteiger partial charge in [-0.3, -0.25) is 4.99 Å². The molecule has 2 heterocycles. The van der Waals surface area contributed by atoms with Gasteiger partial charge in [-0.15, -0.1) is 0 Å². The molecule has 0 aliphatic carbocycles. The van der Waals surface area contributed by atoms with Gasteiger partial charge in [0, 0.05) is 39.4 Å². The summed E-state index contributed by atoms with van der Waals surface area (Å²) in [5.41, 5.74) is -0.960. The molecule has 7 nitrogen and oxygen atoms in total. The van der Waals surface area contributed by atoms with E-state index in [9.17, 15) is 13.2 Å². The zero-order valence-electron chi connectivity index (χ0n) is 14.9. The Morgan fingerprint density at radius 2 is 1.88 bits per heavy atom. The fourth-order valence-corrected chi connectivity index (χ4v) is 2.69. The fourth-order valence-electron chi connectivity index (χ4n) is 2.69. The highest BCUT2D eigenvalue weighted by molar-refractivity contribution is 5.79. The normalized spacial score (nSPS) is 16.4. The lowest BCUT2D eigenvalue weighted by atomic mass is 10.1. The number of rotatable bonds is 7. The van der Waals surface area contributed by atoms with Gasteiger partial charge in [0.15, 0.2) is 5.96 Å². The van der Waals surface area contributed by atoms with Crippen LogP contribution in [-0.4, -0.2) is 67.1 Å². The summed E-state index contributed by atoms with van der Waals surface area (Å²) in [4.78, 5) is 13.8.